The van der Waals surface area contributed by atoms with Gasteiger partial charge in [0, 0.05) is 38.9 Å². The van der Waals surface area contributed by atoms with Crippen LogP contribution in [0.3, 0.4) is 0 Å². The number of nitrogens with zero attached hydrogens (tertiary/aromatic N) is 2. The second-order valence-electron chi connectivity index (χ2n) is 5.83. The minimum atomic E-state index is 0.692. The Bertz CT molecular complexity index is 923. The van der Waals surface area contributed by atoms with E-state index in [1.165, 1.54) is 0 Å². The molecule has 0 saturated carbocycles. The summed E-state index contributed by atoms with van der Waals surface area (Å²) in [5.41, 5.74) is 6.37. The van der Waals surface area contributed by atoms with Crippen molar-refractivity contribution in [2.45, 2.75) is 20.8 Å². The summed E-state index contributed by atoms with van der Waals surface area (Å²) in [7, 11) is 0. The number of aromatic nitrogens is 1. The maximum atomic E-state index is 6.13. The quantitative estimate of drug-likeness (QED) is 0.479. The molecule has 0 fully saturated rings. The van der Waals surface area contributed by atoms with Crippen LogP contribution >= 0.6 is 23.2 Å². The zero-order valence-corrected chi connectivity index (χ0v) is 15.4. The second-order valence-corrected chi connectivity index (χ2v) is 6.70. The van der Waals surface area contributed by atoms with Crippen LogP contribution in [0.2, 0.25) is 10.0 Å². The molecule has 0 saturated heterocycles. The first-order valence-corrected chi connectivity index (χ1v) is 8.46. The molecule has 2 aromatic carbocycles. The van der Waals surface area contributed by atoms with Gasteiger partial charge in [-0.15, -0.1) is 0 Å². The molecule has 3 rings (SSSR count). The highest BCUT2D eigenvalue weighted by molar-refractivity contribution is 6.31. The predicted molar refractivity (Wildman–Crippen MR) is 104 cm³/mol. The van der Waals surface area contributed by atoms with E-state index >= 15 is 0 Å². The van der Waals surface area contributed by atoms with Crippen LogP contribution in [0.25, 0.3) is 5.69 Å². The van der Waals surface area contributed by atoms with Crippen molar-refractivity contribution in [1.29, 1.82) is 0 Å². The standard InChI is InChI=1S/C20H18Cl2N2/c1-13-7-8-18(22)11-20(13)23-12-16-9-14(2)24(15(16)3)19-6-4-5-17(21)10-19/h4-12H,1-3H3. The molecule has 0 amide bonds. The molecule has 0 spiro atoms. The fourth-order valence-corrected chi connectivity index (χ4v) is 3.14. The molecule has 122 valence electrons. The summed E-state index contributed by atoms with van der Waals surface area (Å²) in [4.78, 5) is 4.61. The van der Waals surface area contributed by atoms with Gasteiger partial charge in [0.1, 0.15) is 0 Å². The van der Waals surface area contributed by atoms with E-state index in [0.717, 1.165) is 38.9 Å². The van der Waals surface area contributed by atoms with Crippen LogP contribution in [-0.4, -0.2) is 10.8 Å². The van der Waals surface area contributed by atoms with Crippen molar-refractivity contribution in [3.63, 3.8) is 0 Å². The van der Waals surface area contributed by atoms with Crippen LogP contribution < -0.4 is 0 Å². The minimum absolute atomic E-state index is 0.692. The molecule has 1 aromatic heterocycles. The van der Waals surface area contributed by atoms with E-state index in [9.17, 15) is 0 Å². The molecule has 2 nitrogen and oxygen atoms in total. The monoisotopic (exact) mass is 356 g/mol. The Hall–Kier alpha value is -2.03. The Morgan fingerprint density at radius 3 is 2.42 bits per heavy atom. The van der Waals surface area contributed by atoms with Crippen molar-refractivity contribution >= 4 is 35.1 Å². The van der Waals surface area contributed by atoms with Gasteiger partial charge in [0.05, 0.1) is 5.69 Å². The SMILES string of the molecule is Cc1ccc(Cl)cc1N=Cc1cc(C)n(-c2cccc(Cl)c2)c1C. The lowest BCUT2D eigenvalue weighted by molar-refractivity contribution is 0.965. The highest BCUT2D eigenvalue weighted by Gasteiger charge is 2.09. The summed E-state index contributed by atoms with van der Waals surface area (Å²) >= 11 is 12.2. The van der Waals surface area contributed by atoms with E-state index in [0.29, 0.717) is 5.02 Å². The Morgan fingerprint density at radius 1 is 0.917 bits per heavy atom. The van der Waals surface area contributed by atoms with Crippen LogP contribution in [0.4, 0.5) is 5.69 Å². The molecule has 0 aliphatic heterocycles. The number of benzene rings is 2. The lowest BCUT2D eigenvalue weighted by Crippen LogP contribution is -1.99. The van der Waals surface area contributed by atoms with Crippen molar-refractivity contribution < 1.29 is 0 Å². The van der Waals surface area contributed by atoms with Gasteiger partial charge >= 0.3 is 0 Å². The van der Waals surface area contributed by atoms with Crippen molar-refractivity contribution in [1.82, 2.24) is 4.57 Å². The van der Waals surface area contributed by atoms with Crippen LogP contribution in [0, 0.1) is 20.8 Å². The Balaban J connectivity index is 2.00. The van der Waals surface area contributed by atoms with E-state index in [1.807, 2.05) is 55.6 Å². The normalized spacial score (nSPS) is 11.4. The number of hydrogen-bond acceptors (Lipinski definition) is 1. The summed E-state index contributed by atoms with van der Waals surface area (Å²) in [6.45, 7) is 6.19. The van der Waals surface area contributed by atoms with E-state index < -0.39 is 0 Å². The number of halogens is 2. The number of aliphatic imine (C=N–C) groups is 1. The zero-order chi connectivity index (χ0) is 17.3. The Kier molecular flexibility index (Phi) is 4.79. The van der Waals surface area contributed by atoms with Crippen LogP contribution in [0.5, 0.6) is 0 Å². The molecule has 24 heavy (non-hydrogen) atoms. The van der Waals surface area contributed by atoms with E-state index in [-0.39, 0.29) is 0 Å². The minimum Gasteiger partial charge on any atom is -0.318 e. The predicted octanol–water partition coefficient (Wildman–Crippen LogP) is 6.46. The van der Waals surface area contributed by atoms with Gasteiger partial charge in [0.15, 0.2) is 0 Å². The molecular weight excluding hydrogens is 339 g/mol. The van der Waals surface area contributed by atoms with Gasteiger partial charge < -0.3 is 4.57 Å². The lowest BCUT2D eigenvalue weighted by atomic mass is 10.2. The van der Waals surface area contributed by atoms with Crippen LogP contribution in [0.1, 0.15) is 22.5 Å². The van der Waals surface area contributed by atoms with Gasteiger partial charge in [-0.05, 0) is 62.7 Å². The van der Waals surface area contributed by atoms with E-state index in [4.69, 9.17) is 23.2 Å². The fourth-order valence-electron chi connectivity index (χ4n) is 2.79. The zero-order valence-electron chi connectivity index (χ0n) is 13.8. The summed E-state index contributed by atoms with van der Waals surface area (Å²) in [6.07, 6.45) is 1.89. The fraction of sp³-hybridized carbons (Fsp3) is 0.150. The second kappa shape index (κ2) is 6.84. The number of aryl methyl sites for hydroxylation is 2. The summed E-state index contributed by atoms with van der Waals surface area (Å²) < 4.78 is 2.18. The average Bonchev–Trinajstić information content (AvgIpc) is 2.82. The summed E-state index contributed by atoms with van der Waals surface area (Å²) in [5, 5.41) is 1.42. The van der Waals surface area contributed by atoms with Gasteiger partial charge in [-0.25, -0.2) is 0 Å². The molecule has 0 radical (unpaired) electrons. The third-order valence-corrected chi connectivity index (χ3v) is 4.52. The van der Waals surface area contributed by atoms with Gasteiger partial charge in [0.2, 0.25) is 0 Å². The largest absolute Gasteiger partial charge is 0.318 e. The lowest BCUT2D eigenvalue weighted by Gasteiger charge is -2.09. The highest BCUT2D eigenvalue weighted by atomic mass is 35.5. The van der Waals surface area contributed by atoms with Gasteiger partial charge in [-0.1, -0.05) is 35.3 Å². The highest BCUT2D eigenvalue weighted by Crippen LogP contribution is 2.25. The topological polar surface area (TPSA) is 17.3 Å². The summed E-state index contributed by atoms with van der Waals surface area (Å²) in [6, 6.07) is 15.7. The summed E-state index contributed by atoms with van der Waals surface area (Å²) in [5.74, 6) is 0. The molecule has 0 aliphatic carbocycles. The van der Waals surface area contributed by atoms with Crippen LogP contribution in [0.15, 0.2) is 53.5 Å². The first kappa shape index (κ1) is 16.8. The molecular formula is C20H18Cl2N2. The average molecular weight is 357 g/mol. The van der Waals surface area contributed by atoms with Crippen LogP contribution in [-0.2, 0) is 0 Å². The van der Waals surface area contributed by atoms with E-state index in [2.05, 4.69) is 29.5 Å². The van der Waals surface area contributed by atoms with Gasteiger partial charge in [0.25, 0.3) is 0 Å². The van der Waals surface area contributed by atoms with Crippen molar-refractivity contribution in [2.75, 3.05) is 0 Å². The Morgan fingerprint density at radius 2 is 1.67 bits per heavy atom. The van der Waals surface area contributed by atoms with Crippen molar-refractivity contribution in [2.24, 2.45) is 4.99 Å². The van der Waals surface area contributed by atoms with Crippen molar-refractivity contribution in [3.8, 4) is 5.69 Å². The van der Waals surface area contributed by atoms with Gasteiger partial charge in [-0.2, -0.15) is 0 Å². The Labute approximate surface area is 152 Å². The maximum absolute atomic E-state index is 6.13. The maximum Gasteiger partial charge on any atom is 0.0673 e. The molecule has 4 heteroatoms. The molecule has 1 heterocycles. The third kappa shape index (κ3) is 3.40. The van der Waals surface area contributed by atoms with Gasteiger partial charge in [-0.3, -0.25) is 4.99 Å². The smallest absolute Gasteiger partial charge is 0.0673 e. The first-order chi connectivity index (χ1) is 11.5. The number of hydrogen-bond donors (Lipinski definition) is 0. The molecule has 0 aliphatic rings. The molecule has 3 aromatic rings. The molecule has 0 bridgehead atoms. The molecule has 0 atom stereocenters. The first-order valence-electron chi connectivity index (χ1n) is 7.71. The molecule has 0 unspecified atom stereocenters. The van der Waals surface area contributed by atoms with E-state index in [1.54, 1.807) is 0 Å². The third-order valence-electron chi connectivity index (χ3n) is 4.05. The number of rotatable bonds is 3. The molecule has 0 N–H and O–H groups in total. The van der Waals surface area contributed by atoms with Crippen molar-refractivity contribution in [3.05, 3.63) is 81.1 Å².